The number of hydrogen-bond acceptors (Lipinski definition) is 19. The number of anilines is 7. The van der Waals surface area contributed by atoms with Crippen LogP contribution < -0.4 is 38.5 Å². The molecule has 3 saturated carbocycles. The lowest BCUT2D eigenvalue weighted by molar-refractivity contribution is -0.384. The summed E-state index contributed by atoms with van der Waals surface area (Å²) in [5, 5.41) is 16.8. The molecule has 0 unspecified atom stereocenters. The first-order valence-electron chi connectivity index (χ1n) is 34.1. The average molecular weight is 1570 g/mol. The van der Waals surface area contributed by atoms with Gasteiger partial charge in [0.1, 0.15) is 23.8 Å². The third-order valence-corrected chi connectivity index (χ3v) is 19.0. The smallest absolute Gasteiger partial charge is 0.312 e. The third kappa shape index (κ3) is 36.2. The number of halogens is 8. The van der Waals surface area contributed by atoms with Crippen LogP contribution in [0.1, 0.15) is 210 Å². The molecule has 10 N–H and O–H groups in total. The monoisotopic (exact) mass is 1570 g/mol. The molecule has 101 heavy (non-hydrogen) atoms. The number of hydrogen-bond donors (Lipinski definition) is 6. The van der Waals surface area contributed by atoms with Crippen molar-refractivity contribution in [1.82, 2.24) is 34.6 Å². The van der Waals surface area contributed by atoms with Crippen LogP contribution in [0.5, 0.6) is 0 Å². The maximum absolute atomic E-state index is 12.8. The molecule has 6 fully saturated rings. The third-order valence-electron chi connectivity index (χ3n) is 18.0. The average Bonchev–Trinajstić information content (AvgIpc) is 1.74. The molecular formula is C69H113B2Cl8N15O7. The number of pyridine rings is 4. The molecule has 8 heterocycles. The highest BCUT2D eigenvalue weighted by Gasteiger charge is 2.36. The molecular weight excluding hydrogens is 1460 g/mol. The summed E-state index contributed by atoms with van der Waals surface area (Å²) in [6.45, 7) is 7.95. The summed E-state index contributed by atoms with van der Waals surface area (Å²) >= 11 is 32.6. The van der Waals surface area contributed by atoms with Gasteiger partial charge >= 0.3 is 5.69 Å². The van der Waals surface area contributed by atoms with E-state index in [2.05, 4.69) is 61.5 Å². The predicted molar refractivity (Wildman–Crippen MR) is 431 cm³/mol. The molecule has 4 radical (unpaired) electrons. The van der Waals surface area contributed by atoms with Crippen molar-refractivity contribution in [3.63, 3.8) is 0 Å². The van der Waals surface area contributed by atoms with Gasteiger partial charge in [0.2, 0.25) is 28.1 Å². The Hall–Kier alpha value is -4.72. The van der Waals surface area contributed by atoms with Gasteiger partial charge < -0.3 is 48.3 Å². The minimum absolute atomic E-state index is 0. The second-order valence-corrected chi connectivity index (χ2v) is 27.3. The summed E-state index contributed by atoms with van der Waals surface area (Å²) in [5.74, 6) is 1.16. The van der Waals surface area contributed by atoms with Crippen LogP contribution in [0, 0.1) is 10.1 Å². The number of piperidine rings is 3. The van der Waals surface area contributed by atoms with Crippen molar-refractivity contribution in [1.29, 1.82) is 1.34 Å². The Morgan fingerprint density at radius 3 is 1.36 bits per heavy atom. The van der Waals surface area contributed by atoms with E-state index in [4.69, 9.17) is 93.9 Å². The van der Waals surface area contributed by atoms with E-state index in [1.165, 1.54) is 186 Å². The van der Waals surface area contributed by atoms with Crippen molar-refractivity contribution in [2.24, 2.45) is 0 Å². The second-order valence-electron chi connectivity index (χ2n) is 24.7. The number of nitro groups is 1. The predicted octanol–water partition coefficient (Wildman–Crippen LogP) is 16.6. The molecule has 3 saturated heterocycles. The zero-order chi connectivity index (χ0) is 71.2. The summed E-state index contributed by atoms with van der Waals surface area (Å²) < 4.78 is 5.25. The van der Waals surface area contributed by atoms with E-state index in [0.717, 1.165) is 75.7 Å². The van der Waals surface area contributed by atoms with Gasteiger partial charge in [-0.05, 0) is 107 Å². The Labute approximate surface area is 649 Å². The molecule has 568 valence electrons. The van der Waals surface area contributed by atoms with Crippen LogP contribution in [0.4, 0.5) is 46.0 Å². The number of aromatic nitrogens is 4. The minimum atomic E-state index is -0.722. The Bertz CT molecular complexity index is 3040. The molecule has 0 spiro atoms. The van der Waals surface area contributed by atoms with Crippen molar-refractivity contribution < 1.29 is 30.3 Å². The molecule has 0 aromatic carbocycles. The normalized spacial score (nSPS) is 18.3. The van der Waals surface area contributed by atoms with Crippen LogP contribution in [-0.4, -0.2) is 155 Å². The zero-order valence-electron chi connectivity index (χ0n) is 57.2. The van der Waals surface area contributed by atoms with E-state index >= 15 is 0 Å². The number of Topliss-reactive ketones (excluding diaryl/α,β-unsaturated/α-hetero) is 1. The SMILES string of the molecule is C.C.C.Cl.Cl.Nc1cc(Cl)cnc1N.Nc1ncc(Cl)cc1NC1CCN(C2CCCCCCC2)CC1.Nc1ncc(Cl)cc1[N+](=O)[O-].O=C(Cl)CC(=O)Cl.O=C1CC(=O)N(C2CCN(C3CCCCCCC3)CC2)c2cc(Cl)cnc2N1.O=C1CCN(C2CCCCCCC2)CC1.[2H][B].[B]C.[HH]. The Balaban J connectivity index is -0.00000121. The van der Waals surface area contributed by atoms with Gasteiger partial charge in [-0.1, -0.05) is 172 Å². The fourth-order valence-electron chi connectivity index (χ4n) is 13.0. The largest absolute Gasteiger partial charge is 0.396 e. The van der Waals surface area contributed by atoms with E-state index in [1.54, 1.807) is 23.2 Å². The van der Waals surface area contributed by atoms with Gasteiger partial charge in [-0.3, -0.25) is 39.0 Å². The molecule has 4 aromatic rings. The summed E-state index contributed by atoms with van der Waals surface area (Å²) in [6, 6.07) is 9.19. The lowest BCUT2D eigenvalue weighted by atomic mass is 9.93. The van der Waals surface area contributed by atoms with Gasteiger partial charge in [-0.15, -0.1) is 24.8 Å². The quantitative estimate of drug-likeness (QED) is 0.0298. The fraction of sp³-hybridized carbons (Fsp3) is 0.638. The maximum Gasteiger partial charge on any atom is 0.312 e. The first-order chi connectivity index (χ1) is 46.6. The summed E-state index contributed by atoms with van der Waals surface area (Å²) in [6.07, 6.45) is 40.1. The molecule has 11 rings (SSSR count). The number of likely N-dealkylation sites (tertiary alicyclic amines) is 3. The van der Waals surface area contributed by atoms with Crippen molar-refractivity contribution >= 4 is 185 Å². The Kier molecular flexibility index (Phi) is 51.4. The summed E-state index contributed by atoms with van der Waals surface area (Å²) in [4.78, 5) is 90.4. The van der Waals surface area contributed by atoms with Crippen LogP contribution in [0.15, 0.2) is 49.1 Å². The molecule has 2 amide bonds. The number of nitrogens with one attached hydrogen (secondary N) is 2. The Morgan fingerprint density at radius 2 is 0.950 bits per heavy atom. The number of rotatable bonds is 9. The number of ketones is 1. The molecule has 32 heteroatoms. The minimum Gasteiger partial charge on any atom is -0.396 e. The molecule has 4 aromatic heterocycles. The van der Waals surface area contributed by atoms with Crippen molar-refractivity contribution in [3.8, 4) is 0 Å². The number of nitrogens with two attached hydrogens (primary N) is 4. The van der Waals surface area contributed by atoms with Gasteiger partial charge in [0.25, 0.3) is 0 Å². The second kappa shape index (κ2) is 54.0. The zero-order valence-corrected chi connectivity index (χ0v) is 62.4. The standard InChI is InChI=1S/C21H29ClN4O2.C18H29ClN4.C13H23NO.C5H4ClN3O2.C5H6ClN3.C3H2Cl2O2.CH3B.3CH4.BH.2ClH.H2/c22-15-12-18-21(23-14-15)24-19(27)13-20(28)26(18)17-8-10-25(11-9-17)16-6-4-2-1-3-5-7-16;19-14-12-17(18(20)21-13-14)22-15-8-10-23(11-9-15)16-6-4-2-1-3-5-7-16;15-13-8-10-14(11-9-13)12-6-4-2-1-3-5-7-12;6-3-1-4(9(10)11)5(7)8-2-3;6-3-1-4(7)5(8)9-2-3;4-2(6)1-3(5)7;1-2;;;;;;;/h12,14,16-17H,1-11,13H2,(H,23,24,27);12-13,15-16,22H,1-11H2,(H2,20,21);12H,1-11H2;1-2H,(H2,7,8);1-2H,7H2,(H2,8,9);1H2;1H3;3*1H4;4*1H/i;;;;;;;;;;1D;;;. The number of carbonyl (C=O) groups excluding carboxylic acids is 5. The molecule has 4 aliphatic heterocycles. The molecule has 3 aliphatic carbocycles. The first-order valence-corrected chi connectivity index (χ1v) is 35.8. The van der Waals surface area contributed by atoms with Gasteiger partial charge in [0.05, 0.1) is 56.3 Å². The van der Waals surface area contributed by atoms with Crippen molar-refractivity contribution in [2.45, 2.75) is 246 Å². The number of nitrogens with zero attached hydrogens (tertiary/aromatic N) is 9. The van der Waals surface area contributed by atoms with Crippen LogP contribution in [-0.2, 0) is 24.0 Å². The number of nitrogen functional groups attached to an aromatic ring is 4. The van der Waals surface area contributed by atoms with Crippen LogP contribution in [0.25, 0.3) is 0 Å². The van der Waals surface area contributed by atoms with Crippen molar-refractivity contribution in [3.05, 3.63) is 79.3 Å². The topological polar surface area (TPSA) is 321 Å². The van der Waals surface area contributed by atoms with Crippen LogP contribution in [0.3, 0.4) is 0 Å². The van der Waals surface area contributed by atoms with Gasteiger partial charge in [-0.25, -0.2) is 19.9 Å². The van der Waals surface area contributed by atoms with Gasteiger partial charge in [-0.2, -0.15) is 0 Å². The number of carbonyl (C=O) groups is 5. The number of amides is 2. The van der Waals surface area contributed by atoms with E-state index in [0.29, 0.717) is 61.8 Å². The van der Waals surface area contributed by atoms with Crippen LogP contribution in [0.2, 0.25) is 26.9 Å². The van der Waals surface area contributed by atoms with Gasteiger partial charge in [0, 0.05) is 123 Å². The molecule has 22 nitrogen and oxygen atoms in total. The highest BCUT2D eigenvalue weighted by Crippen LogP contribution is 2.36. The first kappa shape index (κ1) is 96.3. The van der Waals surface area contributed by atoms with E-state index in [-0.39, 0.29) is 95.7 Å². The van der Waals surface area contributed by atoms with E-state index < -0.39 is 15.4 Å². The Morgan fingerprint density at radius 1 is 0.574 bits per heavy atom. The lowest BCUT2D eigenvalue weighted by Gasteiger charge is -2.41. The summed E-state index contributed by atoms with van der Waals surface area (Å²) in [5.41, 5.74) is 23.4. The van der Waals surface area contributed by atoms with Gasteiger partial charge in [0.15, 0.2) is 5.82 Å². The highest BCUT2D eigenvalue weighted by molar-refractivity contribution is 6.72. The summed E-state index contributed by atoms with van der Waals surface area (Å²) in [7, 11) is 8.25. The highest BCUT2D eigenvalue weighted by atomic mass is 35.5. The van der Waals surface area contributed by atoms with E-state index in [9.17, 15) is 34.1 Å². The number of fused-ring (bicyclic) bond motifs is 1. The molecule has 0 bridgehead atoms. The molecule has 0 atom stereocenters. The van der Waals surface area contributed by atoms with Crippen LogP contribution >= 0.6 is 94.4 Å². The lowest BCUT2D eigenvalue weighted by Crippen LogP contribution is -2.50. The van der Waals surface area contributed by atoms with Crippen molar-refractivity contribution in [2.75, 3.05) is 77.7 Å². The maximum atomic E-state index is 12.8. The van der Waals surface area contributed by atoms with E-state index in [1.807, 2.05) is 6.07 Å². The molecule has 7 aliphatic rings. The fourth-order valence-corrected chi connectivity index (χ4v) is 14.0.